The molecule has 4 unspecified atom stereocenters. The van der Waals surface area contributed by atoms with Crippen LogP contribution in [0.1, 0.15) is 32.6 Å². The first-order valence-corrected chi connectivity index (χ1v) is 6.78. The van der Waals surface area contributed by atoms with Gasteiger partial charge in [-0.2, -0.15) is 0 Å². The minimum Gasteiger partial charge on any atom is -0.344 e. The van der Waals surface area contributed by atoms with E-state index in [2.05, 4.69) is 12.2 Å². The van der Waals surface area contributed by atoms with E-state index in [9.17, 15) is 9.59 Å². The molecule has 3 N–H and O–H groups in total. The molecule has 5 nitrogen and oxygen atoms in total. The molecule has 2 rings (SSSR count). The van der Waals surface area contributed by atoms with Gasteiger partial charge in [-0.1, -0.05) is 6.92 Å². The van der Waals surface area contributed by atoms with E-state index in [1.807, 2.05) is 0 Å². The van der Waals surface area contributed by atoms with E-state index in [4.69, 9.17) is 5.73 Å². The molecule has 0 aromatic rings. The lowest BCUT2D eigenvalue weighted by molar-refractivity contribution is -0.133. The number of likely N-dealkylation sites (tertiary alicyclic amines) is 1. The van der Waals surface area contributed by atoms with Crippen LogP contribution < -0.4 is 11.1 Å². The molecule has 0 bridgehead atoms. The number of carbonyl (C=O) groups excluding carboxylic acids is 2. The summed E-state index contributed by atoms with van der Waals surface area (Å²) >= 11 is 0. The molecule has 4 atom stereocenters. The summed E-state index contributed by atoms with van der Waals surface area (Å²) in [6, 6.07) is -0.206. The molecule has 5 heteroatoms. The zero-order chi connectivity index (χ0) is 13.3. The maximum Gasteiger partial charge on any atom is 0.244 e. The SMILES string of the molecule is CC1CC(N)CC(C(=O)NC2CCN(C)C2=O)C1. The number of hydrogen-bond acceptors (Lipinski definition) is 3. The maximum atomic E-state index is 12.2. The predicted molar refractivity (Wildman–Crippen MR) is 68.7 cm³/mol. The first-order chi connectivity index (χ1) is 8.47. The zero-order valence-corrected chi connectivity index (χ0v) is 11.2. The van der Waals surface area contributed by atoms with Gasteiger partial charge >= 0.3 is 0 Å². The lowest BCUT2D eigenvalue weighted by Gasteiger charge is -2.30. The van der Waals surface area contributed by atoms with Crippen LogP contribution in [-0.4, -0.2) is 42.4 Å². The molecular weight excluding hydrogens is 230 g/mol. The number of hydrogen-bond donors (Lipinski definition) is 2. The summed E-state index contributed by atoms with van der Waals surface area (Å²) in [7, 11) is 1.77. The molecule has 0 radical (unpaired) electrons. The van der Waals surface area contributed by atoms with Gasteiger partial charge in [0.1, 0.15) is 6.04 Å². The summed E-state index contributed by atoms with van der Waals surface area (Å²) in [6.07, 6.45) is 3.34. The van der Waals surface area contributed by atoms with E-state index in [1.165, 1.54) is 0 Å². The molecule has 18 heavy (non-hydrogen) atoms. The Balaban J connectivity index is 1.90. The van der Waals surface area contributed by atoms with Crippen LogP contribution in [0.2, 0.25) is 0 Å². The molecule has 2 aliphatic rings. The Morgan fingerprint density at radius 3 is 2.67 bits per heavy atom. The van der Waals surface area contributed by atoms with Gasteiger partial charge in [-0.25, -0.2) is 0 Å². The first kappa shape index (κ1) is 13.3. The Morgan fingerprint density at radius 1 is 1.39 bits per heavy atom. The number of nitrogens with one attached hydrogen (secondary N) is 1. The highest BCUT2D eigenvalue weighted by Gasteiger charge is 2.34. The van der Waals surface area contributed by atoms with Crippen molar-refractivity contribution in [1.82, 2.24) is 10.2 Å². The van der Waals surface area contributed by atoms with Crippen molar-refractivity contribution in [1.29, 1.82) is 0 Å². The van der Waals surface area contributed by atoms with E-state index < -0.39 is 0 Å². The molecule has 1 heterocycles. The molecule has 0 aromatic carbocycles. The third-order valence-electron chi connectivity index (χ3n) is 4.09. The third kappa shape index (κ3) is 2.83. The van der Waals surface area contributed by atoms with Crippen molar-refractivity contribution >= 4 is 11.8 Å². The van der Waals surface area contributed by atoms with E-state index in [-0.39, 0.29) is 29.8 Å². The second kappa shape index (κ2) is 5.26. The number of nitrogens with zero attached hydrogens (tertiary/aromatic N) is 1. The topological polar surface area (TPSA) is 75.4 Å². The van der Waals surface area contributed by atoms with Gasteiger partial charge < -0.3 is 16.0 Å². The van der Waals surface area contributed by atoms with Crippen molar-refractivity contribution in [3.05, 3.63) is 0 Å². The van der Waals surface area contributed by atoms with Crippen molar-refractivity contribution < 1.29 is 9.59 Å². The molecule has 102 valence electrons. The summed E-state index contributed by atoms with van der Waals surface area (Å²) in [5.41, 5.74) is 5.96. The highest BCUT2D eigenvalue weighted by Crippen LogP contribution is 2.28. The second-order valence-corrected chi connectivity index (χ2v) is 5.88. The van der Waals surface area contributed by atoms with Crippen LogP contribution in [0.15, 0.2) is 0 Å². The summed E-state index contributed by atoms with van der Waals surface area (Å²) < 4.78 is 0. The molecule has 1 saturated heterocycles. The summed E-state index contributed by atoms with van der Waals surface area (Å²) in [4.78, 5) is 25.6. The van der Waals surface area contributed by atoms with Crippen LogP contribution in [0.3, 0.4) is 0 Å². The van der Waals surface area contributed by atoms with Crippen LogP contribution in [0.4, 0.5) is 0 Å². The van der Waals surface area contributed by atoms with Gasteiger partial charge in [-0.15, -0.1) is 0 Å². The van der Waals surface area contributed by atoms with E-state index in [1.54, 1.807) is 11.9 Å². The van der Waals surface area contributed by atoms with Crippen molar-refractivity contribution in [2.24, 2.45) is 17.6 Å². The number of amides is 2. The van der Waals surface area contributed by atoms with E-state index in [0.717, 1.165) is 32.2 Å². The van der Waals surface area contributed by atoms with Crippen LogP contribution >= 0.6 is 0 Å². The zero-order valence-electron chi connectivity index (χ0n) is 11.2. The van der Waals surface area contributed by atoms with Crippen molar-refractivity contribution in [2.75, 3.05) is 13.6 Å². The third-order valence-corrected chi connectivity index (χ3v) is 4.09. The Morgan fingerprint density at radius 2 is 2.11 bits per heavy atom. The first-order valence-electron chi connectivity index (χ1n) is 6.78. The molecule has 1 saturated carbocycles. The number of likely N-dealkylation sites (N-methyl/N-ethyl adjacent to an activating group) is 1. The molecule has 1 aliphatic carbocycles. The van der Waals surface area contributed by atoms with Crippen LogP contribution in [-0.2, 0) is 9.59 Å². The van der Waals surface area contributed by atoms with Crippen molar-refractivity contribution in [2.45, 2.75) is 44.7 Å². The Labute approximate surface area is 108 Å². The summed E-state index contributed by atoms with van der Waals surface area (Å²) in [5, 5.41) is 2.88. The summed E-state index contributed by atoms with van der Waals surface area (Å²) in [6.45, 7) is 2.86. The predicted octanol–water partition coefficient (Wildman–Crippen LogP) is 0.0968. The van der Waals surface area contributed by atoms with Crippen molar-refractivity contribution in [3.63, 3.8) is 0 Å². The second-order valence-electron chi connectivity index (χ2n) is 5.88. The molecular formula is C13H23N3O2. The summed E-state index contributed by atoms with van der Waals surface area (Å²) in [5.74, 6) is 0.496. The largest absolute Gasteiger partial charge is 0.344 e. The fraction of sp³-hybridized carbons (Fsp3) is 0.846. The van der Waals surface area contributed by atoms with Gasteiger partial charge in [-0.3, -0.25) is 9.59 Å². The molecule has 0 spiro atoms. The molecule has 2 amide bonds. The average Bonchev–Trinajstić information content (AvgIpc) is 2.59. The van der Waals surface area contributed by atoms with Gasteiger partial charge in [-0.05, 0) is 31.6 Å². The Bertz CT molecular complexity index is 335. The molecule has 1 aliphatic heterocycles. The standard InChI is InChI=1S/C13H23N3O2/c1-8-5-9(7-10(14)6-8)12(17)15-11-3-4-16(2)13(11)18/h8-11H,3-7,14H2,1-2H3,(H,15,17). The highest BCUT2D eigenvalue weighted by molar-refractivity contribution is 5.89. The van der Waals surface area contributed by atoms with Crippen LogP contribution in [0.25, 0.3) is 0 Å². The molecule has 0 aromatic heterocycles. The van der Waals surface area contributed by atoms with E-state index in [0.29, 0.717) is 5.92 Å². The van der Waals surface area contributed by atoms with Crippen LogP contribution in [0.5, 0.6) is 0 Å². The van der Waals surface area contributed by atoms with Crippen LogP contribution in [0, 0.1) is 11.8 Å². The lowest BCUT2D eigenvalue weighted by Crippen LogP contribution is -2.46. The van der Waals surface area contributed by atoms with Crippen molar-refractivity contribution in [3.8, 4) is 0 Å². The minimum absolute atomic E-state index is 0.00523. The number of carbonyl (C=O) groups is 2. The highest BCUT2D eigenvalue weighted by atomic mass is 16.2. The van der Waals surface area contributed by atoms with Gasteiger partial charge in [0.05, 0.1) is 0 Å². The number of nitrogens with two attached hydrogens (primary N) is 1. The maximum absolute atomic E-state index is 12.2. The van der Waals surface area contributed by atoms with Gasteiger partial charge in [0, 0.05) is 25.6 Å². The fourth-order valence-electron chi connectivity index (χ4n) is 3.12. The average molecular weight is 253 g/mol. The normalized spacial score (nSPS) is 36.8. The Kier molecular flexibility index (Phi) is 3.90. The lowest BCUT2D eigenvalue weighted by atomic mass is 9.79. The van der Waals surface area contributed by atoms with E-state index >= 15 is 0 Å². The smallest absolute Gasteiger partial charge is 0.244 e. The number of rotatable bonds is 2. The van der Waals surface area contributed by atoms with Gasteiger partial charge in [0.25, 0.3) is 0 Å². The van der Waals surface area contributed by atoms with Gasteiger partial charge in [0.15, 0.2) is 0 Å². The quantitative estimate of drug-likeness (QED) is 0.732. The minimum atomic E-state index is -0.323. The Hall–Kier alpha value is -1.10. The molecule has 2 fully saturated rings. The van der Waals surface area contributed by atoms with Gasteiger partial charge in [0.2, 0.25) is 11.8 Å². The monoisotopic (exact) mass is 253 g/mol. The fourth-order valence-corrected chi connectivity index (χ4v) is 3.12.